The standard InChI is InChI=1S/C10H17F3N2O3.C6H4ClF/c11-10(12,13)7-18-6-9(16)15-4-8-3-14-1-2-17-5-8;7-5-3-1-2-4-6(5)8/h8,14H,1-7H2,(H,15,16);1-4H. The van der Waals surface area contributed by atoms with Crippen molar-refractivity contribution in [3.8, 4) is 0 Å². The highest BCUT2D eigenvalue weighted by atomic mass is 35.5. The predicted octanol–water partition coefficient (Wildman–Crippen LogP) is 2.40. The zero-order chi connectivity index (χ0) is 19.4. The Bertz CT molecular complexity index is 517. The molecule has 1 amide bonds. The third-order valence-corrected chi connectivity index (χ3v) is 3.43. The van der Waals surface area contributed by atoms with Crippen molar-refractivity contribution >= 4 is 17.5 Å². The monoisotopic (exact) mass is 400 g/mol. The molecule has 0 bridgehead atoms. The summed E-state index contributed by atoms with van der Waals surface area (Å²) in [5.41, 5.74) is 0. The molecule has 1 aromatic carbocycles. The van der Waals surface area contributed by atoms with Gasteiger partial charge in [0.25, 0.3) is 0 Å². The smallest absolute Gasteiger partial charge is 0.380 e. The van der Waals surface area contributed by atoms with Crippen LogP contribution in [0.1, 0.15) is 0 Å². The second-order valence-electron chi connectivity index (χ2n) is 5.47. The van der Waals surface area contributed by atoms with Gasteiger partial charge < -0.3 is 20.1 Å². The molecule has 1 aromatic rings. The van der Waals surface area contributed by atoms with Crippen LogP contribution in [0, 0.1) is 11.7 Å². The molecule has 2 N–H and O–H groups in total. The molecule has 2 rings (SSSR count). The SMILES string of the molecule is Fc1ccccc1Cl.O=C(COCC(F)(F)F)NCC1CNCCOC1. The fraction of sp³-hybridized carbons (Fsp3) is 0.562. The summed E-state index contributed by atoms with van der Waals surface area (Å²) in [5, 5.41) is 5.82. The number of amides is 1. The topological polar surface area (TPSA) is 59.6 Å². The quantitative estimate of drug-likeness (QED) is 0.745. The number of halogens is 5. The number of ether oxygens (including phenoxy) is 2. The lowest BCUT2D eigenvalue weighted by Crippen LogP contribution is -2.37. The maximum absolute atomic E-state index is 12.2. The fourth-order valence-electron chi connectivity index (χ4n) is 1.90. The summed E-state index contributed by atoms with van der Waals surface area (Å²) in [4.78, 5) is 11.2. The van der Waals surface area contributed by atoms with Crippen molar-refractivity contribution < 1.29 is 31.8 Å². The van der Waals surface area contributed by atoms with Gasteiger partial charge in [0.1, 0.15) is 19.0 Å². The number of hydrogen-bond acceptors (Lipinski definition) is 4. The summed E-state index contributed by atoms with van der Waals surface area (Å²) in [6, 6.07) is 6.12. The molecule has 0 aliphatic carbocycles. The molecular weight excluding hydrogens is 380 g/mol. The summed E-state index contributed by atoms with van der Waals surface area (Å²) in [5.74, 6) is -0.795. The average molecular weight is 401 g/mol. The molecule has 1 unspecified atom stereocenters. The van der Waals surface area contributed by atoms with E-state index in [1.807, 2.05) is 0 Å². The Morgan fingerprint density at radius 1 is 1.38 bits per heavy atom. The zero-order valence-electron chi connectivity index (χ0n) is 14.0. The van der Waals surface area contributed by atoms with E-state index in [1.54, 1.807) is 12.1 Å². The minimum absolute atomic E-state index is 0.124. The third kappa shape index (κ3) is 11.2. The zero-order valence-corrected chi connectivity index (χ0v) is 14.7. The number of carbonyl (C=O) groups excluding carboxylic acids is 1. The fourth-order valence-corrected chi connectivity index (χ4v) is 2.03. The van der Waals surface area contributed by atoms with Gasteiger partial charge in [-0.05, 0) is 12.1 Å². The van der Waals surface area contributed by atoms with E-state index in [-0.39, 0.29) is 16.8 Å². The maximum atomic E-state index is 12.2. The highest BCUT2D eigenvalue weighted by Gasteiger charge is 2.27. The molecule has 0 aromatic heterocycles. The summed E-state index contributed by atoms with van der Waals surface area (Å²) < 4.78 is 56.9. The van der Waals surface area contributed by atoms with Crippen LogP contribution < -0.4 is 10.6 Å². The minimum atomic E-state index is -4.40. The van der Waals surface area contributed by atoms with Gasteiger partial charge in [0, 0.05) is 25.6 Å². The highest BCUT2D eigenvalue weighted by molar-refractivity contribution is 6.30. The number of alkyl halides is 3. The van der Waals surface area contributed by atoms with E-state index >= 15 is 0 Å². The molecule has 1 saturated heterocycles. The Morgan fingerprint density at radius 3 is 2.73 bits per heavy atom. The van der Waals surface area contributed by atoms with Gasteiger partial charge >= 0.3 is 6.18 Å². The molecule has 1 aliphatic rings. The molecule has 1 atom stereocenters. The maximum Gasteiger partial charge on any atom is 0.411 e. The van der Waals surface area contributed by atoms with Gasteiger partial charge in [0.05, 0.1) is 18.2 Å². The first kappa shape index (κ1) is 22.6. The van der Waals surface area contributed by atoms with Crippen molar-refractivity contribution in [1.82, 2.24) is 10.6 Å². The first-order valence-corrected chi connectivity index (χ1v) is 8.25. The number of carbonyl (C=O) groups is 1. The summed E-state index contributed by atoms with van der Waals surface area (Å²) in [6.07, 6.45) is -4.40. The Morgan fingerprint density at radius 2 is 2.12 bits per heavy atom. The molecule has 148 valence electrons. The lowest BCUT2D eigenvalue weighted by molar-refractivity contribution is -0.175. The van der Waals surface area contributed by atoms with Gasteiger partial charge in [-0.3, -0.25) is 4.79 Å². The van der Waals surface area contributed by atoms with Crippen LogP contribution in [0.4, 0.5) is 17.6 Å². The van der Waals surface area contributed by atoms with Crippen LogP contribution in [0.5, 0.6) is 0 Å². The normalized spacial score (nSPS) is 17.7. The average Bonchev–Trinajstić information content (AvgIpc) is 2.84. The molecule has 5 nitrogen and oxygen atoms in total. The molecule has 10 heteroatoms. The van der Waals surface area contributed by atoms with Crippen molar-refractivity contribution in [2.24, 2.45) is 5.92 Å². The number of benzene rings is 1. The molecule has 0 spiro atoms. The highest BCUT2D eigenvalue weighted by Crippen LogP contribution is 2.14. The van der Waals surface area contributed by atoms with Crippen molar-refractivity contribution in [3.05, 3.63) is 35.1 Å². The predicted molar refractivity (Wildman–Crippen MR) is 88.5 cm³/mol. The Balaban J connectivity index is 0.000000350. The first-order valence-electron chi connectivity index (χ1n) is 7.87. The third-order valence-electron chi connectivity index (χ3n) is 3.12. The molecule has 1 aliphatic heterocycles. The van der Waals surface area contributed by atoms with Crippen LogP contribution in [-0.4, -0.2) is 58.1 Å². The van der Waals surface area contributed by atoms with Crippen molar-refractivity contribution in [3.63, 3.8) is 0 Å². The Hall–Kier alpha value is -1.42. The van der Waals surface area contributed by atoms with Crippen molar-refractivity contribution in [2.75, 3.05) is 46.1 Å². The van der Waals surface area contributed by atoms with E-state index in [0.29, 0.717) is 26.3 Å². The summed E-state index contributed by atoms with van der Waals surface area (Å²) >= 11 is 5.33. The second kappa shape index (κ2) is 12.1. The van der Waals surface area contributed by atoms with Crippen LogP contribution in [0.25, 0.3) is 0 Å². The van der Waals surface area contributed by atoms with E-state index < -0.39 is 25.3 Å². The largest absolute Gasteiger partial charge is 0.411 e. The molecule has 1 heterocycles. The van der Waals surface area contributed by atoms with Crippen molar-refractivity contribution in [2.45, 2.75) is 6.18 Å². The summed E-state index contributed by atoms with van der Waals surface area (Å²) in [6.45, 7) is 0.995. The lowest BCUT2D eigenvalue weighted by atomic mass is 10.1. The van der Waals surface area contributed by atoms with Gasteiger partial charge in [-0.25, -0.2) is 4.39 Å². The Labute approximate surface area is 154 Å². The minimum Gasteiger partial charge on any atom is -0.380 e. The first-order chi connectivity index (χ1) is 12.3. The number of hydrogen-bond donors (Lipinski definition) is 2. The van der Waals surface area contributed by atoms with Gasteiger partial charge in [0.2, 0.25) is 5.91 Å². The van der Waals surface area contributed by atoms with E-state index in [2.05, 4.69) is 15.4 Å². The van der Waals surface area contributed by atoms with E-state index in [9.17, 15) is 22.4 Å². The van der Waals surface area contributed by atoms with Crippen molar-refractivity contribution in [1.29, 1.82) is 0 Å². The molecular formula is C16H21ClF4N2O3. The number of rotatable bonds is 5. The van der Waals surface area contributed by atoms with Crippen LogP contribution in [0.2, 0.25) is 5.02 Å². The van der Waals surface area contributed by atoms with E-state index in [0.717, 1.165) is 6.54 Å². The second-order valence-corrected chi connectivity index (χ2v) is 5.88. The van der Waals surface area contributed by atoms with E-state index in [4.69, 9.17) is 16.3 Å². The van der Waals surface area contributed by atoms with Gasteiger partial charge in [0.15, 0.2) is 0 Å². The summed E-state index contributed by atoms with van der Waals surface area (Å²) in [7, 11) is 0. The molecule has 0 radical (unpaired) electrons. The molecule has 26 heavy (non-hydrogen) atoms. The van der Waals surface area contributed by atoms with E-state index in [1.165, 1.54) is 12.1 Å². The van der Waals surface area contributed by atoms with Gasteiger partial charge in [-0.15, -0.1) is 0 Å². The van der Waals surface area contributed by atoms with Crippen LogP contribution in [0.15, 0.2) is 24.3 Å². The molecule has 1 fully saturated rings. The van der Waals surface area contributed by atoms with Gasteiger partial charge in [-0.1, -0.05) is 23.7 Å². The molecule has 0 saturated carbocycles. The lowest BCUT2D eigenvalue weighted by Gasteiger charge is -2.14. The Kier molecular flexibility index (Phi) is 10.5. The van der Waals surface area contributed by atoms with Crippen LogP contribution in [-0.2, 0) is 14.3 Å². The van der Waals surface area contributed by atoms with Gasteiger partial charge in [-0.2, -0.15) is 13.2 Å². The van der Waals surface area contributed by atoms with Crippen LogP contribution >= 0.6 is 11.6 Å². The van der Waals surface area contributed by atoms with Crippen LogP contribution in [0.3, 0.4) is 0 Å². The number of nitrogens with one attached hydrogen (secondary N) is 2.